The third-order valence-electron chi connectivity index (χ3n) is 2.59. The van der Waals surface area contributed by atoms with Gasteiger partial charge in [0.1, 0.15) is 0 Å². The molecule has 0 unspecified atom stereocenters. The van der Waals surface area contributed by atoms with Gasteiger partial charge in [-0.3, -0.25) is 4.79 Å². The van der Waals surface area contributed by atoms with E-state index in [1.165, 1.54) is 0 Å². The number of amides is 1. The van der Waals surface area contributed by atoms with Gasteiger partial charge in [0.05, 0.1) is 5.60 Å². The van der Waals surface area contributed by atoms with E-state index in [0.717, 1.165) is 19.3 Å². The van der Waals surface area contributed by atoms with Crippen LogP contribution in [0.1, 0.15) is 46.5 Å². The molecule has 82 valence electrons. The molecule has 1 fully saturated rings. The van der Waals surface area contributed by atoms with Crippen molar-refractivity contribution >= 4 is 5.91 Å². The number of carbonyl (C=O) groups is 1. The van der Waals surface area contributed by atoms with Crippen LogP contribution in [0, 0.1) is 5.41 Å². The van der Waals surface area contributed by atoms with Crippen LogP contribution >= 0.6 is 0 Å². The number of aliphatic hydroxyl groups is 1. The molecule has 2 N–H and O–H groups in total. The minimum absolute atomic E-state index is 0.0202. The van der Waals surface area contributed by atoms with E-state index in [4.69, 9.17) is 0 Å². The van der Waals surface area contributed by atoms with Crippen molar-refractivity contribution in [3.05, 3.63) is 0 Å². The van der Waals surface area contributed by atoms with Crippen LogP contribution in [0.4, 0.5) is 0 Å². The molecule has 0 aromatic rings. The van der Waals surface area contributed by atoms with Crippen molar-refractivity contribution in [3.63, 3.8) is 0 Å². The van der Waals surface area contributed by atoms with Gasteiger partial charge in [-0.1, -0.05) is 20.8 Å². The molecule has 0 radical (unpaired) electrons. The van der Waals surface area contributed by atoms with Gasteiger partial charge in [-0.15, -0.1) is 0 Å². The summed E-state index contributed by atoms with van der Waals surface area (Å²) >= 11 is 0. The third kappa shape index (κ3) is 3.66. The molecular weight excluding hydrogens is 178 g/mol. The maximum absolute atomic E-state index is 11.4. The van der Waals surface area contributed by atoms with Gasteiger partial charge < -0.3 is 10.4 Å². The van der Waals surface area contributed by atoms with Gasteiger partial charge in [0, 0.05) is 13.0 Å². The van der Waals surface area contributed by atoms with Crippen LogP contribution in [0.15, 0.2) is 0 Å². The smallest absolute Gasteiger partial charge is 0.220 e. The Labute approximate surface area is 85.9 Å². The maximum Gasteiger partial charge on any atom is 0.220 e. The van der Waals surface area contributed by atoms with Gasteiger partial charge in [-0.05, 0) is 24.7 Å². The molecule has 1 rings (SSSR count). The predicted octanol–water partition coefficient (Wildman–Crippen LogP) is 1.45. The number of rotatable bonds is 3. The van der Waals surface area contributed by atoms with Crippen molar-refractivity contribution < 1.29 is 9.90 Å². The molecule has 1 aliphatic rings. The molecule has 1 aliphatic carbocycles. The van der Waals surface area contributed by atoms with Crippen LogP contribution < -0.4 is 5.32 Å². The Kier molecular flexibility index (Phi) is 3.20. The molecule has 0 aromatic carbocycles. The van der Waals surface area contributed by atoms with Gasteiger partial charge in [-0.25, -0.2) is 0 Å². The zero-order valence-corrected chi connectivity index (χ0v) is 9.39. The average molecular weight is 199 g/mol. The fourth-order valence-electron chi connectivity index (χ4n) is 1.57. The number of carbonyl (C=O) groups excluding carboxylic acids is 1. The van der Waals surface area contributed by atoms with Crippen molar-refractivity contribution in [3.8, 4) is 0 Å². The SMILES string of the molecule is CC(C)(C)CC(=O)NCC1(O)CCC1. The Hall–Kier alpha value is -0.570. The van der Waals surface area contributed by atoms with Gasteiger partial charge in [0.15, 0.2) is 0 Å². The normalized spacial score (nSPS) is 20.0. The minimum Gasteiger partial charge on any atom is -0.388 e. The Bertz CT molecular complexity index is 214. The number of nitrogens with one attached hydrogen (secondary N) is 1. The highest BCUT2D eigenvalue weighted by Gasteiger charge is 2.34. The highest BCUT2D eigenvalue weighted by molar-refractivity contribution is 5.76. The van der Waals surface area contributed by atoms with Gasteiger partial charge >= 0.3 is 0 Å². The topological polar surface area (TPSA) is 49.3 Å². The Morgan fingerprint density at radius 2 is 2.00 bits per heavy atom. The molecule has 3 nitrogen and oxygen atoms in total. The molecule has 1 amide bonds. The number of hydrogen-bond donors (Lipinski definition) is 2. The quantitative estimate of drug-likeness (QED) is 0.723. The monoisotopic (exact) mass is 199 g/mol. The summed E-state index contributed by atoms with van der Waals surface area (Å²) in [6, 6.07) is 0. The standard InChI is InChI=1S/C11H21NO2/c1-10(2,3)7-9(13)12-8-11(14)5-4-6-11/h14H,4-8H2,1-3H3,(H,12,13). The summed E-state index contributed by atoms with van der Waals surface area (Å²) < 4.78 is 0. The van der Waals surface area contributed by atoms with Crippen LogP contribution in [-0.2, 0) is 4.79 Å². The molecule has 0 saturated heterocycles. The molecular formula is C11H21NO2. The summed E-state index contributed by atoms with van der Waals surface area (Å²) in [5, 5.41) is 12.5. The second kappa shape index (κ2) is 3.89. The van der Waals surface area contributed by atoms with E-state index in [2.05, 4.69) is 5.32 Å². The van der Waals surface area contributed by atoms with Crippen LogP contribution in [0.5, 0.6) is 0 Å². The maximum atomic E-state index is 11.4. The van der Waals surface area contributed by atoms with Crippen LogP contribution in [-0.4, -0.2) is 23.2 Å². The lowest BCUT2D eigenvalue weighted by molar-refractivity contribution is -0.125. The average Bonchev–Trinajstić information content (AvgIpc) is 1.94. The highest BCUT2D eigenvalue weighted by Crippen LogP contribution is 2.30. The molecule has 0 atom stereocenters. The Morgan fingerprint density at radius 1 is 1.43 bits per heavy atom. The van der Waals surface area contributed by atoms with Crippen LogP contribution in [0.3, 0.4) is 0 Å². The summed E-state index contributed by atoms with van der Waals surface area (Å²) in [6.07, 6.45) is 3.24. The van der Waals surface area contributed by atoms with Crippen LogP contribution in [0.2, 0.25) is 0 Å². The third-order valence-corrected chi connectivity index (χ3v) is 2.59. The molecule has 0 heterocycles. The summed E-state index contributed by atoms with van der Waals surface area (Å²) in [7, 11) is 0. The van der Waals surface area contributed by atoms with Crippen molar-refractivity contribution in [1.29, 1.82) is 0 Å². The summed E-state index contributed by atoms with van der Waals surface area (Å²) in [4.78, 5) is 11.4. The van der Waals surface area contributed by atoms with Gasteiger partial charge in [0.2, 0.25) is 5.91 Å². The molecule has 0 aliphatic heterocycles. The van der Waals surface area contributed by atoms with Crippen molar-refractivity contribution in [2.75, 3.05) is 6.54 Å². The second-order valence-electron chi connectivity index (χ2n) is 5.59. The van der Waals surface area contributed by atoms with E-state index in [1.54, 1.807) is 0 Å². The molecule has 0 aromatic heterocycles. The van der Waals surface area contributed by atoms with Crippen molar-refractivity contribution in [1.82, 2.24) is 5.32 Å². The zero-order chi connectivity index (χ0) is 10.8. The zero-order valence-electron chi connectivity index (χ0n) is 9.39. The minimum atomic E-state index is -0.604. The Morgan fingerprint density at radius 3 is 2.36 bits per heavy atom. The molecule has 3 heteroatoms. The lowest BCUT2D eigenvalue weighted by Gasteiger charge is -2.36. The first-order valence-electron chi connectivity index (χ1n) is 5.30. The lowest BCUT2D eigenvalue weighted by atomic mass is 9.80. The molecule has 14 heavy (non-hydrogen) atoms. The second-order valence-corrected chi connectivity index (χ2v) is 5.59. The first-order chi connectivity index (χ1) is 6.31. The first-order valence-corrected chi connectivity index (χ1v) is 5.30. The van der Waals surface area contributed by atoms with E-state index in [1.807, 2.05) is 20.8 Å². The first kappa shape index (κ1) is 11.5. The largest absolute Gasteiger partial charge is 0.388 e. The summed E-state index contributed by atoms with van der Waals surface area (Å²) in [5.74, 6) is 0.0397. The van der Waals surface area contributed by atoms with E-state index in [-0.39, 0.29) is 11.3 Å². The molecule has 1 saturated carbocycles. The van der Waals surface area contributed by atoms with Gasteiger partial charge in [-0.2, -0.15) is 0 Å². The van der Waals surface area contributed by atoms with Crippen molar-refractivity contribution in [2.24, 2.45) is 5.41 Å². The van der Waals surface area contributed by atoms with E-state index in [0.29, 0.717) is 13.0 Å². The van der Waals surface area contributed by atoms with E-state index in [9.17, 15) is 9.90 Å². The highest BCUT2D eigenvalue weighted by atomic mass is 16.3. The fourth-order valence-corrected chi connectivity index (χ4v) is 1.57. The van der Waals surface area contributed by atoms with Crippen LogP contribution in [0.25, 0.3) is 0 Å². The van der Waals surface area contributed by atoms with Crippen molar-refractivity contribution in [2.45, 2.75) is 52.1 Å². The summed E-state index contributed by atoms with van der Waals surface area (Å²) in [6.45, 7) is 6.52. The fraction of sp³-hybridized carbons (Fsp3) is 0.909. The van der Waals surface area contributed by atoms with E-state index >= 15 is 0 Å². The Balaban J connectivity index is 2.21. The van der Waals surface area contributed by atoms with E-state index < -0.39 is 5.60 Å². The summed E-state index contributed by atoms with van der Waals surface area (Å²) in [5.41, 5.74) is -0.583. The van der Waals surface area contributed by atoms with Gasteiger partial charge in [0.25, 0.3) is 0 Å². The number of hydrogen-bond acceptors (Lipinski definition) is 2. The molecule has 0 spiro atoms. The molecule has 0 bridgehead atoms. The lowest BCUT2D eigenvalue weighted by Crippen LogP contribution is -2.48. The predicted molar refractivity (Wildman–Crippen MR) is 55.9 cm³/mol.